The van der Waals surface area contributed by atoms with Crippen molar-refractivity contribution in [3.05, 3.63) is 44.8 Å². The minimum Gasteiger partial charge on any atom is -0.497 e. The Hall–Kier alpha value is -2.02. The Morgan fingerprint density at radius 1 is 1.30 bits per heavy atom. The molecule has 0 unspecified atom stereocenters. The Labute approximate surface area is 143 Å². The van der Waals surface area contributed by atoms with Gasteiger partial charge in [-0.3, -0.25) is 4.79 Å². The first-order valence-corrected chi connectivity index (χ1v) is 7.99. The summed E-state index contributed by atoms with van der Waals surface area (Å²) in [5.74, 6) is 1.45. The van der Waals surface area contributed by atoms with Crippen molar-refractivity contribution in [3.8, 4) is 11.5 Å². The Morgan fingerprint density at radius 2 is 2.04 bits per heavy atom. The van der Waals surface area contributed by atoms with Crippen LogP contribution in [0.15, 0.2) is 33.7 Å². The summed E-state index contributed by atoms with van der Waals surface area (Å²) in [6.07, 6.45) is 1.64. The van der Waals surface area contributed by atoms with Crippen LogP contribution in [0.3, 0.4) is 0 Å². The monoisotopic (exact) mass is 381 g/mol. The van der Waals surface area contributed by atoms with Crippen molar-refractivity contribution < 1.29 is 9.47 Å². The number of hydrogen-bond donors (Lipinski definition) is 1. The molecule has 0 fully saturated rings. The van der Waals surface area contributed by atoms with Crippen LogP contribution in [0.1, 0.15) is 25.5 Å². The number of methoxy groups -OCH3 is 2. The van der Waals surface area contributed by atoms with E-state index in [4.69, 9.17) is 9.47 Å². The van der Waals surface area contributed by atoms with Gasteiger partial charge in [0.2, 0.25) is 0 Å². The lowest BCUT2D eigenvalue weighted by Gasteiger charge is -2.14. The predicted molar refractivity (Wildman–Crippen MR) is 93.5 cm³/mol. The maximum atomic E-state index is 12.2. The van der Waals surface area contributed by atoms with Gasteiger partial charge in [-0.15, -0.1) is 0 Å². The van der Waals surface area contributed by atoms with Crippen molar-refractivity contribution >= 4 is 21.6 Å². The van der Waals surface area contributed by atoms with Gasteiger partial charge in [-0.1, -0.05) is 0 Å². The molecule has 0 radical (unpaired) electrons. The van der Waals surface area contributed by atoms with Gasteiger partial charge >= 0.3 is 0 Å². The first kappa shape index (κ1) is 17.3. The third-order valence-corrected chi connectivity index (χ3v) is 4.16. The molecule has 0 atom stereocenters. The summed E-state index contributed by atoms with van der Waals surface area (Å²) in [6.45, 7) is 4.32. The number of rotatable bonds is 6. The van der Waals surface area contributed by atoms with E-state index >= 15 is 0 Å². The van der Waals surface area contributed by atoms with Crippen LogP contribution in [0.4, 0.5) is 5.69 Å². The number of anilines is 1. The topological polar surface area (TPSA) is 65.4 Å². The van der Waals surface area contributed by atoms with Crippen LogP contribution >= 0.6 is 15.9 Å². The molecule has 1 aromatic carbocycles. The Balaban J connectivity index is 2.22. The summed E-state index contributed by atoms with van der Waals surface area (Å²) in [5, 5.41) is 7.39. The van der Waals surface area contributed by atoms with Crippen LogP contribution in [0.25, 0.3) is 0 Å². The third-order valence-electron chi connectivity index (χ3n) is 3.40. The number of nitrogens with zero attached hydrogens (tertiary/aromatic N) is 2. The van der Waals surface area contributed by atoms with Gasteiger partial charge in [-0.05, 0) is 41.9 Å². The van der Waals surface area contributed by atoms with Crippen LogP contribution < -0.4 is 20.3 Å². The summed E-state index contributed by atoms with van der Waals surface area (Å²) in [4.78, 5) is 12.2. The second-order valence-corrected chi connectivity index (χ2v) is 6.04. The lowest BCUT2D eigenvalue weighted by molar-refractivity contribution is 0.391. The molecule has 0 aliphatic rings. The highest BCUT2D eigenvalue weighted by atomic mass is 79.9. The van der Waals surface area contributed by atoms with Crippen molar-refractivity contribution in [2.24, 2.45) is 0 Å². The van der Waals surface area contributed by atoms with E-state index in [1.54, 1.807) is 20.4 Å². The van der Waals surface area contributed by atoms with E-state index in [2.05, 4.69) is 26.3 Å². The molecule has 0 spiro atoms. The Kier molecular flexibility index (Phi) is 5.65. The maximum absolute atomic E-state index is 12.2. The van der Waals surface area contributed by atoms with E-state index in [9.17, 15) is 4.79 Å². The molecule has 1 heterocycles. The van der Waals surface area contributed by atoms with Gasteiger partial charge < -0.3 is 14.8 Å². The zero-order valence-electron chi connectivity index (χ0n) is 13.6. The minimum absolute atomic E-state index is 0.00883. The lowest BCUT2D eigenvalue weighted by Crippen LogP contribution is -2.26. The smallest absolute Gasteiger partial charge is 0.283 e. The Bertz CT molecular complexity index is 744. The average Bonchev–Trinajstić information content (AvgIpc) is 2.55. The molecule has 6 nitrogen and oxygen atoms in total. The maximum Gasteiger partial charge on any atom is 0.283 e. The zero-order valence-corrected chi connectivity index (χ0v) is 15.2. The third kappa shape index (κ3) is 3.85. The summed E-state index contributed by atoms with van der Waals surface area (Å²) < 4.78 is 12.5. The van der Waals surface area contributed by atoms with Crippen molar-refractivity contribution in [2.45, 2.75) is 26.4 Å². The molecule has 0 aliphatic heterocycles. The van der Waals surface area contributed by atoms with Gasteiger partial charge in [0.1, 0.15) is 16.0 Å². The number of benzene rings is 1. The van der Waals surface area contributed by atoms with E-state index in [-0.39, 0.29) is 11.6 Å². The van der Waals surface area contributed by atoms with Crippen LogP contribution in [0, 0.1) is 0 Å². The summed E-state index contributed by atoms with van der Waals surface area (Å²) in [7, 11) is 3.22. The van der Waals surface area contributed by atoms with E-state index in [0.717, 1.165) is 17.1 Å². The first-order valence-electron chi connectivity index (χ1n) is 7.20. The Morgan fingerprint density at radius 3 is 2.65 bits per heavy atom. The van der Waals surface area contributed by atoms with Gasteiger partial charge in [0.15, 0.2) is 0 Å². The fraction of sp³-hybridized carbons (Fsp3) is 0.375. The number of aromatic nitrogens is 2. The van der Waals surface area contributed by atoms with E-state index < -0.39 is 0 Å². The molecule has 2 aromatic rings. The van der Waals surface area contributed by atoms with E-state index in [1.807, 2.05) is 32.0 Å². The second kappa shape index (κ2) is 7.50. The SMILES string of the molecule is COc1ccc(CNc2cnn(C(C)C)c(=O)c2Br)c(OC)c1. The normalized spacial score (nSPS) is 10.7. The number of nitrogens with one attached hydrogen (secondary N) is 1. The summed E-state index contributed by atoms with van der Waals surface area (Å²) >= 11 is 3.34. The van der Waals surface area contributed by atoms with Gasteiger partial charge in [0.05, 0.1) is 32.1 Å². The average molecular weight is 382 g/mol. The van der Waals surface area contributed by atoms with Crippen LogP contribution in [-0.4, -0.2) is 24.0 Å². The standard InChI is InChI=1S/C16H20BrN3O3/c1-10(2)20-16(21)15(17)13(9-19-20)18-8-11-5-6-12(22-3)7-14(11)23-4/h5-7,9-10,18H,8H2,1-4H3. The number of ether oxygens (including phenoxy) is 2. The van der Waals surface area contributed by atoms with Gasteiger partial charge in [-0.2, -0.15) is 5.10 Å². The highest BCUT2D eigenvalue weighted by molar-refractivity contribution is 9.10. The van der Waals surface area contributed by atoms with Crippen molar-refractivity contribution in [3.63, 3.8) is 0 Å². The quantitative estimate of drug-likeness (QED) is 0.831. The fourth-order valence-electron chi connectivity index (χ4n) is 2.12. The van der Waals surface area contributed by atoms with Crippen LogP contribution in [0.2, 0.25) is 0 Å². The van der Waals surface area contributed by atoms with Gasteiger partial charge in [0.25, 0.3) is 5.56 Å². The van der Waals surface area contributed by atoms with Crippen molar-refractivity contribution in [2.75, 3.05) is 19.5 Å². The molecule has 124 valence electrons. The van der Waals surface area contributed by atoms with E-state index in [1.165, 1.54) is 4.68 Å². The molecule has 1 aromatic heterocycles. The molecule has 2 rings (SSSR count). The van der Waals surface area contributed by atoms with Gasteiger partial charge in [-0.25, -0.2) is 4.68 Å². The summed E-state index contributed by atoms with van der Waals surface area (Å²) in [5.41, 5.74) is 1.43. The molecule has 7 heteroatoms. The molecule has 0 bridgehead atoms. The molecule has 0 saturated carbocycles. The van der Waals surface area contributed by atoms with Gasteiger partial charge in [0, 0.05) is 18.2 Å². The highest BCUT2D eigenvalue weighted by Gasteiger charge is 2.12. The van der Waals surface area contributed by atoms with Crippen molar-refractivity contribution in [1.29, 1.82) is 0 Å². The highest BCUT2D eigenvalue weighted by Crippen LogP contribution is 2.26. The van der Waals surface area contributed by atoms with E-state index in [0.29, 0.717) is 16.7 Å². The fourth-order valence-corrected chi connectivity index (χ4v) is 2.55. The molecule has 0 saturated heterocycles. The molecule has 23 heavy (non-hydrogen) atoms. The molecule has 0 amide bonds. The first-order chi connectivity index (χ1) is 11.0. The molecular formula is C16H20BrN3O3. The lowest BCUT2D eigenvalue weighted by atomic mass is 10.2. The minimum atomic E-state index is -0.160. The van der Waals surface area contributed by atoms with Crippen LogP contribution in [-0.2, 0) is 6.54 Å². The second-order valence-electron chi connectivity index (χ2n) is 5.25. The summed E-state index contributed by atoms with van der Waals surface area (Å²) in [6, 6.07) is 5.61. The predicted octanol–water partition coefficient (Wildman–Crippen LogP) is 3.22. The molecular weight excluding hydrogens is 362 g/mol. The number of halogens is 1. The largest absolute Gasteiger partial charge is 0.497 e. The number of hydrogen-bond acceptors (Lipinski definition) is 5. The van der Waals surface area contributed by atoms with Crippen molar-refractivity contribution in [1.82, 2.24) is 9.78 Å². The zero-order chi connectivity index (χ0) is 17.0. The van der Waals surface area contributed by atoms with Crippen LogP contribution in [0.5, 0.6) is 11.5 Å². The molecule has 1 N–H and O–H groups in total. The molecule has 0 aliphatic carbocycles.